The molecule has 9 heteroatoms. The second-order valence-electron chi connectivity index (χ2n) is 7.21. The van der Waals surface area contributed by atoms with Gasteiger partial charge in [-0.05, 0) is 53.6 Å². The molecule has 9 nitrogen and oxygen atoms in total. The summed E-state index contributed by atoms with van der Waals surface area (Å²) in [6.45, 7) is 0. The molecule has 4 aromatic rings. The number of fused-ring (bicyclic) bond motifs is 1. The van der Waals surface area contributed by atoms with E-state index in [-0.39, 0.29) is 27.8 Å². The van der Waals surface area contributed by atoms with E-state index in [0.717, 1.165) is 6.07 Å². The number of carboxylic acid groups (broad SMARTS) is 2. The number of hydrogen-bond donors (Lipinski definition) is 3. The Morgan fingerprint density at radius 2 is 1.62 bits per heavy atom. The number of carbonyl (C=O) groups is 3. The van der Waals surface area contributed by atoms with E-state index in [0.29, 0.717) is 16.9 Å². The number of methoxy groups -OCH3 is 1. The van der Waals surface area contributed by atoms with Crippen molar-refractivity contribution in [2.24, 2.45) is 0 Å². The van der Waals surface area contributed by atoms with E-state index in [4.69, 9.17) is 9.15 Å². The number of nitrogens with one attached hydrogen (secondary N) is 1. The van der Waals surface area contributed by atoms with Gasteiger partial charge in [0.25, 0.3) is 5.91 Å². The predicted octanol–water partition coefficient (Wildman–Crippen LogP) is 4.12. The van der Waals surface area contributed by atoms with Crippen molar-refractivity contribution < 1.29 is 33.8 Å². The van der Waals surface area contributed by atoms with E-state index in [1.54, 1.807) is 30.3 Å². The fourth-order valence-corrected chi connectivity index (χ4v) is 3.47. The molecule has 0 radical (unpaired) electrons. The number of benzene rings is 3. The Balaban J connectivity index is 1.92. The third-order valence-corrected chi connectivity index (χ3v) is 5.11. The van der Waals surface area contributed by atoms with E-state index in [2.05, 4.69) is 5.32 Å². The lowest BCUT2D eigenvalue weighted by Gasteiger charge is -2.13. The topological polar surface area (TPSA) is 143 Å². The smallest absolute Gasteiger partial charge is 0.371 e. The van der Waals surface area contributed by atoms with Gasteiger partial charge in [-0.2, -0.15) is 0 Å². The van der Waals surface area contributed by atoms with Crippen LogP contribution in [-0.4, -0.2) is 35.2 Å². The van der Waals surface area contributed by atoms with Crippen molar-refractivity contribution in [3.05, 3.63) is 93.8 Å². The van der Waals surface area contributed by atoms with E-state index < -0.39 is 29.0 Å². The fourth-order valence-electron chi connectivity index (χ4n) is 3.47. The summed E-state index contributed by atoms with van der Waals surface area (Å²) in [5.74, 6) is -3.24. The van der Waals surface area contributed by atoms with Crippen molar-refractivity contribution in [1.29, 1.82) is 0 Å². The number of amides is 1. The largest absolute Gasteiger partial charge is 0.497 e. The molecule has 170 valence electrons. The summed E-state index contributed by atoms with van der Waals surface area (Å²) >= 11 is 0. The maximum atomic E-state index is 12.9. The summed E-state index contributed by atoms with van der Waals surface area (Å²) < 4.78 is 10.5. The first-order chi connectivity index (χ1) is 16.3. The lowest BCUT2D eigenvalue weighted by Crippen LogP contribution is -2.14. The van der Waals surface area contributed by atoms with Gasteiger partial charge in [-0.15, -0.1) is 0 Å². The summed E-state index contributed by atoms with van der Waals surface area (Å²) in [5.41, 5.74) is 0.0811. The molecule has 0 fully saturated rings. The molecule has 0 aliphatic heterocycles. The molecule has 3 N–H and O–H groups in total. The normalized spacial score (nSPS) is 10.6. The second-order valence-corrected chi connectivity index (χ2v) is 7.21. The molecule has 34 heavy (non-hydrogen) atoms. The fraction of sp³-hybridized carbons (Fsp3) is 0.0400. The Hall–Kier alpha value is -4.92. The first-order valence-corrected chi connectivity index (χ1v) is 9.92. The molecule has 0 aliphatic rings. The molecular weight excluding hydrogens is 442 g/mol. The molecule has 0 saturated heterocycles. The zero-order valence-electron chi connectivity index (χ0n) is 17.7. The summed E-state index contributed by atoms with van der Waals surface area (Å²) in [6, 6.07) is 16.1. The van der Waals surface area contributed by atoms with Gasteiger partial charge < -0.3 is 24.7 Å². The van der Waals surface area contributed by atoms with Crippen molar-refractivity contribution in [3.8, 4) is 16.9 Å². The van der Waals surface area contributed by atoms with Crippen molar-refractivity contribution in [2.45, 2.75) is 0 Å². The number of hydrogen-bond acceptors (Lipinski definition) is 6. The van der Waals surface area contributed by atoms with Crippen LogP contribution in [0.3, 0.4) is 0 Å². The van der Waals surface area contributed by atoms with Crippen LogP contribution < -0.4 is 15.5 Å². The van der Waals surface area contributed by atoms with Crippen molar-refractivity contribution in [3.63, 3.8) is 0 Å². The Morgan fingerprint density at radius 1 is 0.912 bits per heavy atom. The summed E-state index contributed by atoms with van der Waals surface area (Å²) in [6.07, 6.45) is 0. The van der Waals surface area contributed by atoms with Gasteiger partial charge in [-0.25, -0.2) is 9.59 Å². The molecular formula is C25H17NO8. The second kappa shape index (κ2) is 8.91. The van der Waals surface area contributed by atoms with Crippen molar-refractivity contribution in [2.75, 3.05) is 12.4 Å². The minimum absolute atomic E-state index is 0.00806. The zero-order valence-corrected chi connectivity index (χ0v) is 17.7. The molecule has 0 unspecified atom stereocenters. The number of ether oxygens (including phenoxy) is 1. The van der Waals surface area contributed by atoms with Crippen molar-refractivity contribution in [1.82, 2.24) is 0 Å². The Kier molecular flexibility index (Phi) is 5.84. The molecule has 0 bridgehead atoms. The predicted molar refractivity (Wildman–Crippen MR) is 123 cm³/mol. The van der Waals surface area contributed by atoms with Crippen LogP contribution in [0.4, 0.5) is 5.69 Å². The van der Waals surface area contributed by atoms with Gasteiger partial charge in [0, 0.05) is 11.6 Å². The van der Waals surface area contributed by atoms with E-state index >= 15 is 0 Å². The van der Waals surface area contributed by atoms with Gasteiger partial charge in [0.2, 0.25) is 5.76 Å². The van der Waals surface area contributed by atoms with Crippen LogP contribution in [0.15, 0.2) is 75.9 Å². The molecule has 0 atom stereocenters. The first kappa shape index (κ1) is 22.3. The number of rotatable bonds is 6. The van der Waals surface area contributed by atoms with E-state index in [1.165, 1.54) is 37.4 Å². The highest BCUT2D eigenvalue weighted by Gasteiger charge is 2.19. The van der Waals surface area contributed by atoms with Crippen LogP contribution >= 0.6 is 0 Å². The average molecular weight is 459 g/mol. The standard InChI is InChI=1S/C25H17NO8/c1-33-15-8-6-13(7-9-15)23(28)26-19-11-14(16-4-2-3-5-17(16)24(29)30)10-18-20(27)12-21(25(31)32)34-22(18)19/h2-12H,1H3,(H,26,28)(H,29,30)(H,31,32). The van der Waals surface area contributed by atoms with Crippen LogP contribution in [0.2, 0.25) is 0 Å². The maximum absolute atomic E-state index is 12.9. The third-order valence-electron chi connectivity index (χ3n) is 5.11. The van der Waals surface area contributed by atoms with E-state index in [1.807, 2.05) is 0 Å². The van der Waals surface area contributed by atoms with Crippen LogP contribution in [0.5, 0.6) is 5.75 Å². The van der Waals surface area contributed by atoms with Gasteiger partial charge >= 0.3 is 11.9 Å². The number of anilines is 1. The summed E-state index contributed by atoms with van der Waals surface area (Å²) in [7, 11) is 1.49. The molecule has 0 spiro atoms. The highest BCUT2D eigenvalue weighted by Crippen LogP contribution is 2.32. The zero-order chi connectivity index (χ0) is 24.4. The highest BCUT2D eigenvalue weighted by atomic mass is 16.5. The Labute approximate surface area is 191 Å². The van der Waals surface area contributed by atoms with Gasteiger partial charge in [-0.1, -0.05) is 18.2 Å². The number of aromatic carboxylic acids is 2. The monoisotopic (exact) mass is 459 g/mol. The lowest BCUT2D eigenvalue weighted by atomic mass is 9.97. The quantitative estimate of drug-likeness (QED) is 0.391. The minimum Gasteiger partial charge on any atom is -0.497 e. The van der Waals surface area contributed by atoms with Gasteiger partial charge in [0.05, 0.1) is 23.7 Å². The average Bonchev–Trinajstić information content (AvgIpc) is 2.84. The summed E-state index contributed by atoms with van der Waals surface area (Å²) in [5, 5.41) is 21.5. The minimum atomic E-state index is -1.45. The van der Waals surface area contributed by atoms with Crippen LogP contribution in [0, 0.1) is 0 Å². The van der Waals surface area contributed by atoms with Crippen LogP contribution in [0.25, 0.3) is 22.1 Å². The third kappa shape index (κ3) is 4.22. The Bertz CT molecular complexity index is 1500. The van der Waals surface area contributed by atoms with Gasteiger partial charge in [-0.3, -0.25) is 9.59 Å². The molecule has 0 aliphatic carbocycles. The van der Waals surface area contributed by atoms with Crippen molar-refractivity contribution >= 4 is 34.5 Å². The maximum Gasteiger partial charge on any atom is 0.371 e. The highest BCUT2D eigenvalue weighted by molar-refractivity contribution is 6.09. The number of carbonyl (C=O) groups excluding carboxylic acids is 1. The molecule has 3 aromatic carbocycles. The number of carboxylic acids is 2. The molecule has 0 saturated carbocycles. The Morgan fingerprint density at radius 3 is 2.26 bits per heavy atom. The molecule has 1 aromatic heterocycles. The molecule has 1 heterocycles. The van der Waals surface area contributed by atoms with E-state index in [9.17, 15) is 29.4 Å². The SMILES string of the molecule is COc1ccc(C(=O)Nc2cc(-c3ccccc3C(=O)O)cc3c(=O)cc(C(=O)O)oc23)cc1. The van der Waals surface area contributed by atoms with Crippen LogP contribution in [0.1, 0.15) is 31.3 Å². The van der Waals surface area contributed by atoms with Crippen LogP contribution in [-0.2, 0) is 0 Å². The van der Waals surface area contributed by atoms with Gasteiger partial charge in [0.1, 0.15) is 5.75 Å². The molecule has 4 rings (SSSR count). The first-order valence-electron chi connectivity index (χ1n) is 9.92. The molecule has 1 amide bonds. The summed E-state index contributed by atoms with van der Waals surface area (Å²) in [4.78, 5) is 48.8. The van der Waals surface area contributed by atoms with Gasteiger partial charge in [0.15, 0.2) is 11.0 Å². The lowest BCUT2D eigenvalue weighted by molar-refractivity contribution is 0.0660.